The molecule has 1 heterocycles. The van der Waals surface area contributed by atoms with Crippen molar-refractivity contribution in [2.75, 3.05) is 5.75 Å². The maximum Gasteiger partial charge on any atom is 0.173 e. The minimum Gasteiger partial charge on any atom is -0.293 e. The fourth-order valence-electron chi connectivity index (χ4n) is 2.35. The highest BCUT2D eigenvalue weighted by atomic mass is 32.2. The average molecular weight is 354 g/mol. The van der Waals surface area contributed by atoms with Crippen molar-refractivity contribution in [3.8, 4) is 0 Å². The van der Waals surface area contributed by atoms with Gasteiger partial charge in [-0.2, -0.15) is 0 Å². The van der Waals surface area contributed by atoms with Crippen molar-refractivity contribution in [2.24, 2.45) is 0 Å². The highest BCUT2D eigenvalue weighted by molar-refractivity contribution is 8.00. The van der Waals surface area contributed by atoms with E-state index in [-0.39, 0.29) is 22.8 Å². The summed E-state index contributed by atoms with van der Waals surface area (Å²) in [6, 6.07) is 13.4. The Morgan fingerprint density at radius 1 is 1.04 bits per heavy atom. The van der Waals surface area contributed by atoms with Gasteiger partial charge in [-0.25, -0.2) is 14.4 Å². The first-order chi connectivity index (χ1) is 11.8. The summed E-state index contributed by atoms with van der Waals surface area (Å²) in [4.78, 5) is 21.7. The molecule has 0 fully saturated rings. The maximum atomic E-state index is 13.0. The van der Waals surface area contributed by atoms with Gasteiger partial charge in [-0.15, -0.1) is 0 Å². The molecular weight excluding hydrogens is 335 g/mol. The zero-order valence-electron chi connectivity index (χ0n) is 14.4. The lowest BCUT2D eigenvalue weighted by Crippen LogP contribution is -2.16. The molecule has 0 N–H and O–H groups in total. The first-order valence-corrected chi connectivity index (χ1v) is 9.02. The number of fused-ring (bicyclic) bond motifs is 1. The van der Waals surface area contributed by atoms with Gasteiger partial charge < -0.3 is 0 Å². The van der Waals surface area contributed by atoms with Crippen LogP contribution in [-0.2, 0) is 5.41 Å². The summed E-state index contributed by atoms with van der Waals surface area (Å²) >= 11 is 1.39. The molecular formula is C20H19FN2OS. The van der Waals surface area contributed by atoms with Gasteiger partial charge in [-0.05, 0) is 30.3 Å². The number of Topliss-reactive ketones (excluding diaryl/α,β-unsaturated/α-hetero) is 1. The van der Waals surface area contributed by atoms with E-state index in [9.17, 15) is 9.18 Å². The van der Waals surface area contributed by atoms with E-state index in [0.29, 0.717) is 5.56 Å². The molecule has 3 rings (SSSR count). The number of carbonyl (C=O) groups excluding carboxylic acids is 1. The fraction of sp³-hybridized carbons (Fsp3) is 0.250. The predicted molar refractivity (Wildman–Crippen MR) is 99.7 cm³/mol. The van der Waals surface area contributed by atoms with E-state index in [4.69, 9.17) is 4.98 Å². The topological polar surface area (TPSA) is 42.9 Å². The van der Waals surface area contributed by atoms with Gasteiger partial charge in [-0.3, -0.25) is 4.79 Å². The van der Waals surface area contributed by atoms with Crippen molar-refractivity contribution < 1.29 is 9.18 Å². The number of aromatic nitrogens is 2. The van der Waals surface area contributed by atoms with E-state index < -0.39 is 0 Å². The van der Waals surface area contributed by atoms with Crippen molar-refractivity contribution >= 4 is 28.4 Å². The van der Waals surface area contributed by atoms with Crippen LogP contribution in [0.4, 0.5) is 4.39 Å². The van der Waals surface area contributed by atoms with Crippen molar-refractivity contribution in [1.29, 1.82) is 0 Å². The third-order valence-corrected chi connectivity index (χ3v) is 4.74. The van der Waals surface area contributed by atoms with Crippen molar-refractivity contribution in [2.45, 2.75) is 31.2 Å². The smallest absolute Gasteiger partial charge is 0.173 e. The maximum absolute atomic E-state index is 13.0. The second kappa shape index (κ2) is 6.92. The third kappa shape index (κ3) is 4.04. The molecule has 0 bridgehead atoms. The molecule has 0 amide bonds. The Morgan fingerprint density at radius 2 is 1.72 bits per heavy atom. The quantitative estimate of drug-likeness (QED) is 0.374. The summed E-state index contributed by atoms with van der Waals surface area (Å²) in [6.45, 7) is 6.19. The van der Waals surface area contributed by atoms with E-state index >= 15 is 0 Å². The molecule has 0 saturated heterocycles. The van der Waals surface area contributed by atoms with Crippen LogP contribution in [0.15, 0.2) is 53.6 Å². The lowest BCUT2D eigenvalue weighted by Gasteiger charge is -2.18. The normalized spacial score (nSPS) is 11.7. The van der Waals surface area contributed by atoms with E-state index in [1.54, 1.807) is 0 Å². The Bertz CT molecular complexity index is 917. The molecule has 0 aliphatic rings. The molecule has 0 radical (unpaired) electrons. The molecule has 25 heavy (non-hydrogen) atoms. The number of carbonyl (C=O) groups is 1. The minimum atomic E-state index is -0.346. The lowest BCUT2D eigenvalue weighted by molar-refractivity contribution is 0.102. The Labute approximate surface area is 150 Å². The van der Waals surface area contributed by atoms with Crippen LogP contribution in [0.3, 0.4) is 0 Å². The number of thioether (sulfide) groups is 1. The highest BCUT2D eigenvalue weighted by Crippen LogP contribution is 2.29. The molecule has 0 saturated carbocycles. The number of benzene rings is 2. The minimum absolute atomic E-state index is 0.0509. The van der Waals surface area contributed by atoms with Crippen molar-refractivity contribution in [3.63, 3.8) is 0 Å². The van der Waals surface area contributed by atoms with Crippen LogP contribution < -0.4 is 0 Å². The van der Waals surface area contributed by atoms with Gasteiger partial charge >= 0.3 is 0 Å². The fourth-order valence-corrected chi connectivity index (χ4v) is 3.26. The molecule has 0 aliphatic carbocycles. The summed E-state index contributed by atoms with van der Waals surface area (Å²) in [7, 11) is 0. The number of hydrogen-bond acceptors (Lipinski definition) is 4. The van der Waals surface area contributed by atoms with Gasteiger partial charge in [0, 0.05) is 16.4 Å². The molecule has 3 aromatic rings. The predicted octanol–water partition coefficient (Wildman–Crippen LogP) is 5.04. The first kappa shape index (κ1) is 17.5. The Kier molecular flexibility index (Phi) is 4.86. The zero-order chi connectivity index (χ0) is 18.0. The van der Waals surface area contributed by atoms with Crippen LogP contribution in [0.1, 0.15) is 37.0 Å². The summed E-state index contributed by atoms with van der Waals surface area (Å²) in [5, 5.41) is 1.73. The number of hydrogen-bond donors (Lipinski definition) is 0. The third-order valence-electron chi connectivity index (χ3n) is 3.75. The Balaban J connectivity index is 1.89. The zero-order valence-corrected chi connectivity index (χ0v) is 15.2. The molecule has 1 aromatic heterocycles. The van der Waals surface area contributed by atoms with Crippen LogP contribution in [0.5, 0.6) is 0 Å². The molecule has 0 atom stereocenters. The standard InChI is InChI=1S/C20H19FN2OS/c1-20(2,3)19-22-16-7-5-4-6-15(16)18(23-19)25-12-17(24)13-8-10-14(21)11-9-13/h4-11H,12H2,1-3H3. The molecule has 2 aromatic carbocycles. The van der Waals surface area contributed by atoms with Gasteiger partial charge in [0.1, 0.15) is 16.7 Å². The molecule has 0 aliphatic heterocycles. The van der Waals surface area contributed by atoms with Crippen LogP contribution in [0, 0.1) is 5.82 Å². The van der Waals surface area contributed by atoms with Crippen LogP contribution in [0.2, 0.25) is 0 Å². The highest BCUT2D eigenvalue weighted by Gasteiger charge is 2.20. The molecule has 128 valence electrons. The SMILES string of the molecule is CC(C)(C)c1nc(SCC(=O)c2ccc(F)cc2)c2ccccc2n1. The van der Waals surface area contributed by atoms with Crippen molar-refractivity contribution in [3.05, 3.63) is 65.7 Å². The van der Waals surface area contributed by atoms with E-state index in [1.807, 2.05) is 24.3 Å². The van der Waals surface area contributed by atoms with E-state index in [2.05, 4.69) is 25.8 Å². The van der Waals surface area contributed by atoms with Gasteiger partial charge in [-0.1, -0.05) is 50.7 Å². The first-order valence-electron chi connectivity index (χ1n) is 8.03. The van der Waals surface area contributed by atoms with Gasteiger partial charge in [0.2, 0.25) is 0 Å². The number of rotatable bonds is 4. The molecule has 0 unspecified atom stereocenters. The van der Waals surface area contributed by atoms with Crippen LogP contribution in [-0.4, -0.2) is 21.5 Å². The number of para-hydroxylation sites is 1. The summed E-state index contributed by atoms with van der Waals surface area (Å²) in [5.41, 5.74) is 1.20. The van der Waals surface area contributed by atoms with Crippen LogP contribution in [0.25, 0.3) is 10.9 Å². The Morgan fingerprint density at radius 3 is 2.40 bits per heavy atom. The summed E-state index contributed by atoms with van der Waals surface area (Å²) in [6.07, 6.45) is 0. The van der Waals surface area contributed by atoms with Gasteiger partial charge in [0.25, 0.3) is 0 Å². The lowest BCUT2D eigenvalue weighted by atomic mass is 9.95. The second-order valence-electron chi connectivity index (χ2n) is 6.84. The average Bonchev–Trinajstić information content (AvgIpc) is 2.59. The van der Waals surface area contributed by atoms with Gasteiger partial charge in [0.05, 0.1) is 11.3 Å². The molecule has 3 nitrogen and oxygen atoms in total. The van der Waals surface area contributed by atoms with Crippen LogP contribution >= 0.6 is 11.8 Å². The molecule has 0 spiro atoms. The summed E-state index contributed by atoms with van der Waals surface area (Å²) in [5.74, 6) is 0.602. The van der Waals surface area contributed by atoms with E-state index in [0.717, 1.165) is 21.8 Å². The number of nitrogens with zero attached hydrogens (tertiary/aromatic N) is 2. The van der Waals surface area contributed by atoms with Crippen molar-refractivity contribution in [1.82, 2.24) is 9.97 Å². The summed E-state index contributed by atoms with van der Waals surface area (Å²) < 4.78 is 13.0. The second-order valence-corrected chi connectivity index (χ2v) is 7.80. The number of ketones is 1. The molecule has 5 heteroatoms. The number of halogens is 1. The van der Waals surface area contributed by atoms with E-state index in [1.165, 1.54) is 36.0 Å². The monoisotopic (exact) mass is 354 g/mol. The van der Waals surface area contributed by atoms with Gasteiger partial charge in [0.15, 0.2) is 5.78 Å². The largest absolute Gasteiger partial charge is 0.293 e. The Hall–Kier alpha value is -2.27.